The molecule has 0 unspecified atom stereocenters. The van der Waals surface area contributed by atoms with Gasteiger partial charge >= 0.3 is 0 Å². The first-order chi connectivity index (χ1) is 12.7. The second kappa shape index (κ2) is 6.80. The van der Waals surface area contributed by atoms with Gasteiger partial charge in [0.25, 0.3) is 0 Å². The van der Waals surface area contributed by atoms with E-state index in [-0.39, 0.29) is 0 Å². The summed E-state index contributed by atoms with van der Waals surface area (Å²) in [4.78, 5) is 2.15. The zero-order valence-corrected chi connectivity index (χ0v) is 14.8. The van der Waals surface area contributed by atoms with Crippen LogP contribution in [0.25, 0.3) is 11.1 Å². The Hall–Kier alpha value is -2.86. The molecule has 0 radical (unpaired) electrons. The lowest BCUT2D eigenvalue weighted by atomic mass is 9.92. The van der Waals surface area contributed by atoms with E-state index in [1.165, 1.54) is 5.56 Å². The predicted molar refractivity (Wildman–Crippen MR) is 105 cm³/mol. The Bertz CT molecular complexity index is 936. The molecule has 0 fully saturated rings. The molecule has 1 aliphatic carbocycles. The summed E-state index contributed by atoms with van der Waals surface area (Å²) in [6, 6.07) is 26.3. The number of fused-ring (bicyclic) bond motifs is 3. The van der Waals surface area contributed by atoms with E-state index in [1.807, 2.05) is 61.6 Å². The van der Waals surface area contributed by atoms with Gasteiger partial charge in [-0.3, -0.25) is 4.90 Å². The van der Waals surface area contributed by atoms with Crippen LogP contribution in [0.5, 0.6) is 0 Å². The van der Waals surface area contributed by atoms with Gasteiger partial charge in [0, 0.05) is 17.7 Å². The number of aliphatic hydroxyl groups is 1. The SMILES string of the molecule is CN(CC#CC1(O)c2ccccc2-c2ccccc21)Cc1ccccc1. The van der Waals surface area contributed by atoms with Crippen LogP contribution < -0.4 is 0 Å². The van der Waals surface area contributed by atoms with Crippen LogP contribution in [0.2, 0.25) is 0 Å². The summed E-state index contributed by atoms with van der Waals surface area (Å²) in [7, 11) is 2.04. The fourth-order valence-electron chi connectivity index (χ4n) is 3.60. The van der Waals surface area contributed by atoms with E-state index in [1.54, 1.807) is 0 Å². The highest BCUT2D eigenvalue weighted by atomic mass is 16.3. The van der Waals surface area contributed by atoms with E-state index < -0.39 is 5.60 Å². The maximum absolute atomic E-state index is 11.4. The van der Waals surface area contributed by atoms with Gasteiger partial charge in [-0.25, -0.2) is 0 Å². The van der Waals surface area contributed by atoms with Gasteiger partial charge in [-0.2, -0.15) is 0 Å². The monoisotopic (exact) mass is 339 g/mol. The highest BCUT2D eigenvalue weighted by molar-refractivity contribution is 5.81. The summed E-state index contributed by atoms with van der Waals surface area (Å²) < 4.78 is 0. The zero-order chi connectivity index (χ0) is 18.0. The molecule has 0 aromatic heterocycles. The van der Waals surface area contributed by atoms with Gasteiger partial charge in [-0.1, -0.05) is 90.7 Å². The number of hydrogen-bond acceptors (Lipinski definition) is 2. The van der Waals surface area contributed by atoms with Crippen LogP contribution in [0.4, 0.5) is 0 Å². The van der Waals surface area contributed by atoms with Crippen LogP contribution in [0.1, 0.15) is 16.7 Å². The fourth-order valence-corrected chi connectivity index (χ4v) is 3.60. The van der Waals surface area contributed by atoms with E-state index in [2.05, 4.69) is 41.0 Å². The van der Waals surface area contributed by atoms with Crippen molar-refractivity contribution in [2.45, 2.75) is 12.1 Å². The summed E-state index contributed by atoms with van der Waals surface area (Å²) >= 11 is 0. The third-order valence-corrected chi connectivity index (χ3v) is 4.84. The Morgan fingerprint density at radius 1 is 0.808 bits per heavy atom. The molecule has 2 nitrogen and oxygen atoms in total. The summed E-state index contributed by atoms with van der Waals surface area (Å²) in [5.41, 5.74) is 3.90. The molecule has 4 rings (SSSR count). The smallest absolute Gasteiger partial charge is 0.178 e. The third kappa shape index (κ3) is 2.93. The first kappa shape index (κ1) is 16.6. The molecule has 2 heteroatoms. The predicted octanol–water partition coefficient (Wildman–Crippen LogP) is 4.04. The Morgan fingerprint density at radius 2 is 1.35 bits per heavy atom. The third-order valence-electron chi connectivity index (χ3n) is 4.84. The van der Waals surface area contributed by atoms with Crippen LogP contribution in [-0.2, 0) is 12.1 Å². The molecular formula is C24H21NO. The number of rotatable bonds is 3. The second-order valence-electron chi connectivity index (χ2n) is 6.76. The van der Waals surface area contributed by atoms with E-state index >= 15 is 0 Å². The fraction of sp³-hybridized carbons (Fsp3) is 0.167. The maximum atomic E-state index is 11.4. The van der Waals surface area contributed by atoms with Crippen molar-refractivity contribution in [2.24, 2.45) is 0 Å². The van der Waals surface area contributed by atoms with Crippen molar-refractivity contribution < 1.29 is 5.11 Å². The number of nitrogens with zero attached hydrogens (tertiary/aromatic N) is 1. The highest BCUT2D eigenvalue weighted by Crippen LogP contribution is 2.46. The first-order valence-electron chi connectivity index (χ1n) is 8.83. The lowest BCUT2D eigenvalue weighted by Gasteiger charge is -2.19. The molecule has 0 spiro atoms. The van der Waals surface area contributed by atoms with Gasteiger partial charge < -0.3 is 5.11 Å². The first-order valence-corrected chi connectivity index (χ1v) is 8.83. The Morgan fingerprint density at radius 3 is 1.96 bits per heavy atom. The molecule has 26 heavy (non-hydrogen) atoms. The van der Waals surface area contributed by atoms with Crippen LogP contribution in [-0.4, -0.2) is 23.6 Å². The molecule has 0 aliphatic heterocycles. The minimum atomic E-state index is -1.24. The molecule has 0 heterocycles. The van der Waals surface area contributed by atoms with Crippen LogP contribution >= 0.6 is 0 Å². The minimum Gasteiger partial charge on any atom is -0.369 e. The van der Waals surface area contributed by atoms with Gasteiger partial charge in [0.05, 0.1) is 6.54 Å². The largest absolute Gasteiger partial charge is 0.369 e. The highest BCUT2D eigenvalue weighted by Gasteiger charge is 2.39. The van der Waals surface area contributed by atoms with Gasteiger partial charge in [0.15, 0.2) is 5.60 Å². The molecule has 3 aromatic carbocycles. The van der Waals surface area contributed by atoms with Crippen LogP contribution in [0, 0.1) is 11.8 Å². The summed E-state index contributed by atoms with van der Waals surface area (Å²) in [6.07, 6.45) is 0. The number of hydrogen-bond donors (Lipinski definition) is 1. The molecule has 3 aromatic rings. The lowest BCUT2D eigenvalue weighted by Crippen LogP contribution is -2.23. The van der Waals surface area contributed by atoms with Gasteiger partial charge in [0.1, 0.15) is 0 Å². The number of benzene rings is 3. The van der Waals surface area contributed by atoms with Crippen molar-refractivity contribution in [3.63, 3.8) is 0 Å². The topological polar surface area (TPSA) is 23.5 Å². The van der Waals surface area contributed by atoms with E-state index in [9.17, 15) is 5.11 Å². The Balaban J connectivity index is 1.59. The van der Waals surface area contributed by atoms with E-state index in [0.717, 1.165) is 28.8 Å². The molecule has 1 N–H and O–H groups in total. The molecule has 128 valence electrons. The van der Waals surface area contributed by atoms with E-state index in [0.29, 0.717) is 6.54 Å². The summed E-state index contributed by atoms with van der Waals surface area (Å²) in [6.45, 7) is 1.43. The quantitative estimate of drug-likeness (QED) is 0.728. The molecule has 0 saturated carbocycles. The van der Waals surface area contributed by atoms with Crippen molar-refractivity contribution in [1.29, 1.82) is 0 Å². The second-order valence-corrected chi connectivity index (χ2v) is 6.76. The van der Waals surface area contributed by atoms with Crippen molar-refractivity contribution in [1.82, 2.24) is 4.90 Å². The maximum Gasteiger partial charge on any atom is 0.178 e. The molecule has 0 saturated heterocycles. The van der Waals surface area contributed by atoms with Crippen LogP contribution in [0.15, 0.2) is 78.9 Å². The molecule has 1 aliphatic rings. The molecule has 0 amide bonds. The van der Waals surface area contributed by atoms with Crippen molar-refractivity contribution in [2.75, 3.05) is 13.6 Å². The molecule has 0 atom stereocenters. The van der Waals surface area contributed by atoms with Gasteiger partial charge in [0.2, 0.25) is 0 Å². The average molecular weight is 339 g/mol. The van der Waals surface area contributed by atoms with E-state index in [4.69, 9.17) is 0 Å². The minimum absolute atomic E-state index is 0.599. The van der Waals surface area contributed by atoms with Crippen molar-refractivity contribution in [3.05, 3.63) is 95.6 Å². The van der Waals surface area contributed by atoms with Crippen LogP contribution in [0.3, 0.4) is 0 Å². The van der Waals surface area contributed by atoms with Crippen molar-refractivity contribution in [3.8, 4) is 23.0 Å². The van der Waals surface area contributed by atoms with Crippen molar-refractivity contribution >= 4 is 0 Å². The Kier molecular flexibility index (Phi) is 4.34. The lowest BCUT2D eigenvalue weighted by molar-refractivity contribution is 0.150. The zero-order valence-electron chi connectivity index (χ0n) is 14.8. The molecule has 0 bridgehead atoms. The average Bonchev–Trinajstić information content (AvgIpc) is 2.93. The normalized spacial score (nSPS) is 13.7. The van der Waals surface area contributed by atoms with Gasteiger partial charge in [-0.05, 0) is 23.7 Å². The molecular weight excluding hydrogens is 318 g/mol. The summed E-state index contributed by atoms with van der Waals surface area (Å²) in [5.74, 6) is 6.35. The van der Waals surface area contributed by atoms with Gasteiger partial charge in [-0.15, -0.1) is 0 Å². The Labute approximate surface area is 154 Å². The summed E-state index contributed by atoms with van der Waals surface area (Å²) in [5, 5.41) is 11.4. The standard InChI is InChI=1S/C24H21NO/c1-25(18-19-10-3-2-4-11-19)17-9-16-24(26)22-14-7-5-12-20(22)21-13-6-8-15-23(21)24/h2-8,10-15,26H,17-18H2,1H3.